The van der Waals surface area contributed by atoms with Gasteiger partial charge in [0.1, 0.15) is 11.6 Å². The molecule has 28 heavy (non-hydrogen) atoms. The third-order valence-electron chi connectivity index (χ3n) is 4.97. The van der Waals surface area contributed by atoms with Crippen molar-refractivity contribution in [3.05, 3.63) is 47.7 Å². The van der Waals surface area contributed by atoms with Gasteiger partial charge in [-0.3, -0.25) is 4.79 Å². The first-order valence-corrected chi connectivity index (χ1v) is 10.1. The Labute approximate surface area is 167 Å². The molecule has 0 saturated carbocycles. The molecular formula is C19H22N6O2S. The number of methoxy groups -OCH3 is 1. The molecule has 4 heterocycles. The van der Waals surface area contributed by atoms with Crippen molar-refractivity contribution in [3.8, 4) is 10.8 Å². The second-order valence-electron chi connectivity index (χ2n) is 6.64. The van der Waals surface area contributed by atoms with E-state index < -0.39 is 0 Å². The summed E-state index contributed by atoms with van der Waals surface area (Å²) >= 11 is 1.46. The second-order valence-corrected chi connectivity index (χ2v) is 7.53. The van der Waals surface area contributed by atoms with Crippen molar-refractivity contribution < 1.29 is 9.53 Å². The van der Waals surface area contributed by atoms with Crippen LogP contribution in [0.2, 0.25) is 0 Å². The number of rotatable bonds is 4. The van der Waals surface area contributed by atoms with Crippen LogP contribution in [0, 0.1) is 0 Å². The monoisotopic (exact) mass is 398 g/mol. The van der Waals surface area contributed by atoms with Crippen LogP contribution in [0.1, 0.15) is 23.7 Å². The van der Waals surface area contributed by atoms with Gasteiger partial charge >= 0.3 is 0 Å². The van der Waals surface area contributed by atoms with Crippen molar-refractivity contribution in [2.75, 3.05) is 31.6 Å². The Morgan fingerprint density at radius 3 is 2.79 bits per heavy atom. The number of thiophene rings is 1. The number of ether oxygens (including phenoxy) is 1. The van der Waals surface area contributed by atoms with Crippen LogP contribution < -0.4 is 9.64 Å². The van der Waals surface area contributed by atoms with E-state index in [1.165, 1.54) is 16.1 Å². The van der Waals surface area contributed by atoms with Crippen molar-refractivity contribution in [2.24, 2.45) is 0 Å². The second kappa shape index (κ2) is 7.97. The van der Waals surface area contributed by atoms with E-state index in [0.29, 0.717) is 12.1 Å². The van der Waals surface area contributed by atoms with Crippen LogP contribution in [0.3, 0.4) is 0 Å². The summed E-state index contributed by atoms with van der Waals surface area (Å²) in [7, 11) is 1.65. The smallest absolute Gasteiger partial charge is 0.257 e. The van der Waals surface area contributed by atoms with Crippen LogP contribution >= 0.6 is 11.3 Å². The molecule has 146 valence electrons. The fraction of sp³-hybridized carbons (Fsp3) is 0.368. The average molecular weight is 398 g/mol. The lowest BCUT2D eigenvalue weighted by atomic mass is 10.1. The van der Waals surface area contributed by atoms with Gasteiger partial charge in [-0.15, -0.1) is 16.1 Å². The van der Waals surface area contributed by atoms with Crippen molar-refractivity contribution in [2.45, 2.75) is 19.4 Å². The molecule has 8 nitrogen and oxygen atoms in total. The summed E-state index contributed by atoms with van der Waals surface area (Å²) in [4.78, 5) is 23.4. The highest BCUT2D eigenvalue weighted by Gasteiger charge is 2.28. The zero-order valence-electron chi connectivity index (χ0n) is 15.9. The third-order valence-corrected chi connectivity index (χ3v) is 5.85. The first-order valence-electron chi connectivity index (χ1n) is 9.17. The van der Waals surface area contributed by atoms with Crippen LogP contribution in [0.15, 0.2) is 42.2 Å². The third kappa shape index (κ3) is 3.57. The molecule has 3 aromatic heterocycles. The van der Waals surface area contributed by atoms with Gasteiger partial charge in [0.15, 0.2) is 5.00 Å². The summed E-state index contributed by atoms with van der Waals surface area (Å²) in [6.07, 6.45) is 5.84. The van der Waals surface area contributed by atoms with Crippen LogP contribution in [-0.2, 0) is 0 Å². The quantitative estimate of drug-likeness (QED) is 0.672. The Morgan fingerprint density at radius 1 is 1.18 bits per heavy atom. The Morgan fingerprint density at radius 2 is 2.00 bits per heavy atom. The molecule has 4 rings (SSSR count). The van der Waals surface area contributed by atoms with Crippen LogP contribution in [0.25, 0.3) is 5.00 Å². The Kier molecular flexibility index (Phi) is 5.25. The normalized spacial score (nSPS) is 17.4. The summed E-state index contributed by atoms with van der Waals surface area (Å²) in [5.74, 6) is 1.67. The van der Waals surface area contributed by atoms with E-state index in [4.69, 9.17) is 4.74 Å². The number of pyridine rings is 1. The SMILES string of the molecule is COc1ccnc(N2CCC(C)N(C(=O)c3ccsc3-n3nccn3)CC2)c1. The summed E-state index contributed by atoms with van der Waals surface area (Å²) in [6.45, 7) is 4.28. The first kappa shape index (κ1) is 18.4. The van der Waals surface area contributed by atoms with E-state index in [0.717, 1.165) is 36.1 Å². The number of carbonyl (C=O) groups excluding carboxylic acids is 1. The van der Waals surface area contributed by atoms with Gasteiger partial charge in [-0.1, -0.05) is 0 Å². The lowest BCUT2D eigenvalue weighted by Gasteiger charge is -2.26. The Hall–Kier alpha value is -2.94. The maximum absolute atomic E-state index is 13.3. The molecule has 1 amide bonds. The van der Waals surface area contributed by atoms with E-state index >= 15 is 0 Å². The maximum Gasteiger partial charge on any atom is 0.257 e. The van der Waals surface area contributed by atoms with Crippen LogP contribution in [0.5, 0.6) is 5.75 Å². The summed E-state index contributed by atoms with van der Waals surface area (Å²) in [5.41, 5.74) is 0.640. The summed E-state index contributed by atoms with van der Waals surface area (Å²) < 4.78 is 5.31. The number of hydrogen-bond donors (Lipinski definition) is 0. The number of nitrogens with zero attached hydrogens (tertiary/aromatic N) is 6. The predicted molar refractivity (Wildman–Crippen MR) is 107 cm³/mol. The van der Waals surface area contributed by atoms with E-state index in [9.17, 15) is 4.79 Å². The van der Waals surface area contributed by atoms with Gasteiger partial charge in [0, 0.05) is 37.9 Å². The molecule has 0 aliphatic carbocycles. The minimum absolute atomic E-state index is 0.0153. The van der Waals surface area contributed by atoms with Crippen LogP contribution in [0.4, 0.5) is 5.82 Å². The van der Waals surface area contributed by atoms with Crippen molar-refractivity contribution in [1.29, 1.82) is 0 Å². The van der Waals surface area contributed by atoms with E-state index in [1.807, 2.05) is 28.5 Å². The first-order chi connectivity index (χ1) is 13.7. The highest BCUT2D eigenvalue weighted by Crippen LogP contribution is 2.25. The van der Waals surface area contributed by atoms with Gasteiger partial charge in [0.05, 0.1) is 25.1 Å². The molecule has 0 N–H and O–H groups in total. The molecule has 1 saturated heterocycles. The lowest BCUT2D eigenvalue weighted by Crippen LogP contribution is -2.40. The molecule has 0 bridgehead atoms. The fourth-order valence-electron chi connectivity index (χ4n) is 3.38. The summed E-state index contributed by atoms with van der Waals surface area (Å²) in [6, 6.07) is 5.75. The Bertz CT molecular complexity index is 942. The molecule has 0 radical (unpaired) electrons. The van der Waals surface area contributed by atoms with Gasteiger partial charge in [-0.05, 0) is 30.9 Å². The lowest BCUT2D eigenvalue weighted by molar-refractivity contribution is 0.0705. The van der Waals surface area contributed by atoms with E-state index in [1.54, 1.807) is 25.7 Å². The zero-order chi connectivity index (χ0) is 19.5. The van der Waals surface area contributed by atoms with Gasteiger partial charge in [0.2, 0.25) is 0 Å². The van der Waals surface area contributed by atoms with Gasteiger partial charge in [0.25, 0.3) is 5.91 Å². The fourth-order valence-corrected chi connectivity index (χ4v) is 4.19. The zero-order valence-corrected chi connectivity index (χ0v) is 16.7. The minimum atomic E-state index is 0.0153. The standard InChI is InChI=1S/C19H22N6O2S/c1-14-4-9-23(17-13-15(27-2)3-6-20-17)10-11-24(14)18(26)16-5-12-28-19(16)25-21-7-8-22-25/h3,5-8,12-14H,4,9-11H2,1-2H3. The molecule has 1 aliphatic rings. The minimum Gasteiger partial charge on any atom is -0.497 e. The highest BCUT2D eigenvalue weighted by molar-refractivity contribution is 7.12. The summed E-state index contributed by atoms with van der Waals surface area (Å²) in [5, 5.41) is 11.0. The molecule has 1 atom stereocenters. The number of anilines is 1. The molecule has 0 aromatic carbocycles. The maximum atomic E-state index is 13.3. The molecule has 0 spiro atoms. The van der Waals surface area contributed by atoms with Gasteiger partial charge in [-0.2, -0.15) is 10.2 Å². The number of amides is 1. The topological polar surface area (TPSA) is 76.4 Å². The van der Waals surface area contributed by atoms with Gasteiger partial charge in [-0.25, -0.2) is 4.98 Å². The van der Waals surface area contributed by atoms with Crippen molar-refractivity contribution in [3.63, 3.8) is 0 Å². The molecule has 1 aliphatic heterocycles. The largest absolute Gasteiger partial charge is 0.497 e. The molecule has 1 unspecified atom stereocenters. The predicted octanol–water partition coefficient (Wildman–Crippen LogP) is 2.47. The van der Waals surface area contributed by atoms with E-state index in [2.05, 4.69) is 27.0 Å². The molecular weight excluding hydrogens is 376 g/mol. The highest BCUT2D eigenvalue weighted by atomic mass is 32.1. The average Bonchev–Trinajstić information content (AvgIpc) is 3.38. The van der Waals surface area contributed by atoms with Crippen molar-refractivity contribution in [1.82, 2.24) is 24.9 Å². The van der Waals surface area contributed by atoms with E-state index in [-0.39, 0.29) is 11.9 Å². The van der Waals surface area contributed by atoms with Crippen LogP contribution in [-0.4, -0.2) is 63.6 Å². The number of carbonyl (C=O) groups is 1. The number of aromatic nitrogens is 4. The van der Waals surface area contributed by atoms with Crippen molar-refractivity contribution >= 4 is 23.1 Å². The van der Waals surface area contributed by atoms with Gasteiger partial charge < -0.3 is 14.5 Å². The Balaban J connectivity index is 1.53. The number of hydrogen-bond acceptors (Lipinski definition) is 7. The molecule has 3 aromatic rings. The molecule has 1 fully saturated rings. The molecule has 9 heteroatoms.